The zero-order chi connectivity index (χ0) is 19.9. The Morgan fingerprint density at radius 3 is 2.89 bits per heavy atom. The van der Waals surface area contributed by atoms with E-state index in [1.165, 1.54) is 12.0 Å². The summed E-state index contributed by atoms with van der Waals surface area (Å²) in [5.41, 5.74) is 1.70. The number of fused-ring (bicyclic) bond motifs is 2. The number of alkyl carbamates (subject to hydrolysis) is 1. The molecule has 2 aliphatic heterocycles. The summed E-state index contributed by atoms with van der Waals surface area (Å²) in [7, 11) is 0. The Bertz CT molecular complexity index is 850. The van der Waals surface area contributed by atoms with Gasteiger partial charge in [0, 0.05) is 41.8 Å². The monoisotopic (exact) mass is 419 g/mol. The van der Waals surface area contributed by atoms with Crippen LogP contribution in [0.3, 0.4) is 0 Å². The van der Waals surface area contributed by atoms with Gasteiger partial charge in [-0.2, -0.15) is 0 Å². The van der Waals surface area contributed by atoms with Crippen molar-refractivity contribution in [2.75, 3.05) is 0 Å². The van der Waals surface area contributed by atoms with E-state index in [-0.39, 0.29) is 12.1 Å². The van der Waals surface area contributed by atoms with Crippen molar-refractivity contribution in [3.63, 3.8) is 0 Å². The topological polar surface area (TPSA) is 54.5 Å². The Labute approximate surface area is 175 Å². The SMILES string of the molecule is CC(C)(C)OC(=O)NC1CC2CCC1N2Cc1ccc(-c2nccs2)c(Cl)c1. The van der Waals surface area contributed by atoms with E-state index in [0.717, 1.165) is 35.0 Å². The van der Waals surface area contributed by atoms with Crippen LogP contribution in [-0.4, -0.2) is 39.7 Å². The van der Waals surface area contributed by atoms with E-state index in [0.29, 0.717) is 12.1 Å². The Morgan fingerprint density at radius 2 is 2.21 bits per heavy atom. The van der Waals surface area contributed by atoms with Crippen molar-refractivity contribution in [2.24, 2.45) is 0 Å². The molecule has 7 heteroatoms. The number of nitrogens with zero attached hydrogens (tertiary/aromatic N) is 2. The molecule has 2 fully saturated rings. The molecule has 5 nitrogen and oxygen atoms in total. The van der Waals surface area contributed by atoms with Gasteiger partial charge in [-0.05, 0) is 51.7 Å². The van der Waals surface area contributed by atoms with Crippen molar-refractivity contribution in [3.05, 3.63) is 40.4 Å². The molecular formula is C21H26ClN3O2S. The first-order chi connectivity index (χ1) is 13.3. The van der Waals surface area contributed by atoms with Gasteiger partial charge in [-0.25, -0.2) is 9.78 Å². The quantitative estimate of drug-likeness (QED) is 0.749. The van der Waals surface area contributed by atoms with E-state index in [2.05, 4.69) is 27.3 Å². The molecule has 0 saturated carbocycles. The average Bonchev–Trinajstić information content (AvgIpc) is 3.30. The van der Waals surface area contributed by atoms with Crippen LogP contribution in [-0.2, 0) is 11.3 Å². The third-order valence-corrected chi connectivity index (χ3v) is 6.56. The summed E-state index contributed by atoms with van der Waals surface area (Å²) in [6.45, 7) is 6.51. The smallest absolute Gasteiger partial charge is 0.407 e. The second kappa shape index (κ2) is 7.65. The van der Waals surface area contributed by atoms with E-state index < -0.39 is 5.60 Å². The maximum absolute atomic E-state index is 12.2. The molecule has 2 saturated heterocycles. The third kappa shape index (κ3) is 4.19. The molecular weight excluding hydrogens is 394 g/mol. The van der Waals surface area contributed by atoms with Crippen LogP contribution in [0.5, 0.6) is 0 Å². The number of rotatable bonds is 4. The summed E-state index contributed by atoms with van der Waals surface area (Å²) in [6, 6.07) is 7.25. The first-order valence-electron chi connectivity index (χ1n) is 9.74. The Hall–Kier alpha value is -1.63. The van der Waals surface area contributed by atoms with Crippen LogP contribution in [0.2, 0.25) is 5.02 Å². The second-order valence-corrected chi connectivity index (χ2v) is 9.91. The lowest BCUT2D eigenvalue weighted by molar-refractivity contribution is 0.0491. The predicted molar refractivity (Wildman–Crippen MR) is 113 cm³/mol. The number of thiazole rings is 1. The van der Waals surface area contributed by atoms with Crippen molar-refractivity contribution in [1.29, 1.82) is 0 Å². The highest BCUT2D eigenvalue weighted by atomic mass is 35.5. The minimum atomic E-state index is -0.475. The standard InChI is InChI=1S/C21H26ClN3O2S/c1-21(2,3)27-20(26)24-17-11-14-5-7-18(17)25(14)12-13-4-6-15(16(22)10-13)19-23-8-9-28-19/h4,6,8-10,14,17-18H,5,7,11-12H2,1-3H3,(H,24,26). The van der Waals surface area contributed by atoms with Gasteiger partial charge in [-0.15, -0.1) is 11.3 Å². The van der Waals surface area contributed by atoms with Gasteiger partial charge in [0.1, 0.15) is 10.6 Å². The number of carbonyl (C=O) groups is 1. The Balaban J connectivity index is 1.42. The summed E-state index contributed by atoms with van der Waals surface area (Å²) < 4.78 is 5.43. The Kier molecular flexibility index (Phi) is 5.38. The van der Waals surface area contributed by atoms with Gasteiger partial charge in [0.25, 0.3) is 0 Å². The van der Waals surface area contributed by atoms with Crippen molar-refractivity contribution in [1.82, 2.24) is 15.2 Å². The normalized spacial score (nSPS) is 24.5. The molecule has 3 atom stereocenters. The van der Waals surface area contributed by atoms with Crippen LogP contribution in [0, 0.1) is 0 Å². The lowest BCUT2D eigenvalue weighted by atomic mass is 9.96. The maximum atomic E-state index is 12.2. The number of hydrogen-bond donors (Lipinski definition) is 1. The molecule has 2 bridgehead atoms. The van der Waals surface area contributed by atoms with Gasteiger partial charge >= 0.3 is 6.09 Å². The fourth-order valence-corrected chi connectivity index (χ4v) is 5.39. The number of halogens is 1. The lowest BCUT2D eigenvalue weighted by Gasteiger charge is -2.27. The summed E-state index contributed by atoms with van der Waals surface area (Å²) >= 11 is 8.12. The van der Waals surface area contributed by atoms with Crippen molar-refractivity contribution >= 4 is 29.0 Å². The summed E-state index contributed by atoms with van der Waals surface area (Å²) in [6.07, 6.45) is 4.75. The summed E-state index contributed by atoms with van der Waals surface area (Å²) in [4.78, 5) is 19.0. The van der Waals surface area contributed by atoms with E-state index in [1.807, 2.05) is 32.2 Å². The van der Waals surface area contributed by atoms with Gasteiger partial charge in [-0.3, -0.25) is 4.90 Å². The number of carbonyl (C=O) groups excluding carboxylic acids is 1. The molecule has 2 aromatic rings. The van der Waals surface area contributed by atoms with Gasteiger partial charge in [0.05, 0.1) is 5.02 Å². The molecule has 1 aromatic heterocycles. The van der Waals surface area contributed by atoms with E-state index in [9.17, 15) is 4.79 Å². The number of hydrogen-bond acceptors (Lipinski definition) is 5. The fourth-order valence-electron chi connectivity index (χ4n) is 4.36. The highest BCUT2D eigenvalue weighted by Crippen LogP contribution is 2.39. The maximum Gasteiger partial charge on any atom is 0.407 e. The zero-order valence-electron chi connectivity index (χ0n) is 16.4. The third-order valence-electron chi connectivity index (χ3n) is 5.44. The molecule has 0 radical (unpaired) electrons. The highest BCUT2D eigenvalue weighted by molar-refractivity contribution is 7.13. The molecule has 3 heterocycles. The van der Waals surface area contributed by atoms with Crippen molar-refractivity contribution in [2.45, 2.75) is 70.3 Å². The van der Waals surface area contributed by atoms with Crippen LogP contribution in [0.4, 0.5) is 4.79 Å². The molecule has 1 aromatic carbocycles. The summed E-state index contributed by atoms with van der Waals surface area (Å²) in [5.74, 6) is 0. The number of amides is 1. The van der Waals surface area contributed by atoms with Crippen molar-refractivity contribution < 1.29 is 9.53 Å². The molecule has 3 unspecified atom stereocenters. The fraction of sp³-hybridized carbons (Fsp3) is 0.524. The highest BCUT2D eigenvalue weighted by Gasteiger charge is 2.46. The van der Waals surface area contributed by atoms with E-state index >= 15 is 0 Å². The van der Waals surface area contributed by atoms with Gasteiger partial charge in [-0.1, -0.05) is 23.7 Å². The molecule has 28 heavy (non-hydrogen) atoms. The van der Waals surface area contributed by atoms with Gasteiger partial charge < -0.3 is 10.1 Å². The second-order valence-electron chi connectivity index (χ2n) is 8.61. The average molecular weight is 420 g/mol. The van der Waals surface area contributed by atoms with Crippen molar-refractivity contribution in [3.8, 4) is 10.6 Å². The van der Waals surface area contributed by atoms with Gasteiger partial charge in [0.2, 0.25) is 0 Å². The van der Waals surface area contributed by atoms with Crippen LogP contribution in [0.1, 0.15) is 45.6 Å². The molecule has 2 aliphatic rings. The van der Waals surface area contributed by atoms with E-state index in [1.54, 1.807) is 17.5 Å². The largest absolute Gasteiger partial charge is 0.444 e. The number of nitrogens with one attached hydrogen (secondary N) is 1. The van der Waals surface area contributed by atoms with Gasteiger partial charge in [0.15, 0.2) is 0 Å². The first kappa shape index (κ1) is 19.7. The van der Waals surface area contributed by atoms with E-state index in [4.69, 9.17) is 16.3 Å². The zero-order valence-corrected chi connectivity index (χ0v) is 18.0. The minimum absolute atomic E-state index is 0.152. The molecule has 0 spiro atoms. The lowest BCUT2D eigenvalue weighted by Crippen LogP contribution is -2.45. The minimum Gasteiger partial charge on any atom is -0.444 e. The first-order valence-corrected chi connectivity index (χ1v) is 11.0. The number of ether oxygens (including phenoxy) is 1. The van der Waals surface area contributed by atoms with Crippen LogP contribution in [0.25, 0.3) is 10.6 Å². The van der Waals surface area contributed by atoms with Crippen LogP contribution in [0.15, 0.2) is 29.8 Å². The number of aromatic nitrogens is 1. The van der Waals surface area contributed by atoms with Crippen LogP contribution < -0.4 is 5.32 Å². The predicted octanol–water partition coefficient (Wildman–Crippen LogP) is 5.09. The molecule has 150 valence electrons. The Morgan fingerprint density at radius 1 is 1.39 bits per heavy atom. The van der Waals surface area contributed by atoms with Crippen LogP contribution >= 0.6 is 22.9 Å². The summed E-state index contributed by atoms with van der Waals surface area (Å²) in [5, 5.41) is 6.73. The molecule has 0 aliphatic carbocycles. The number of benzene rings is 1. The molecule has 4 rings (SSSR count). The molecule has 1 N–H and O–H groups in total. The molecule has 1 amide bonds.